The van der Waals surface area contributed by atoms with Gasteiger partial charge in [0.25, 0.3) is 0 Å². The summed E-state index contributed by atoms with van der Waals surface area (Å²) in [5.74, 6) is 0. The summed E-state index contributed by atoms with van der Waals surface area (Å²) in [6, 6.07) is 8.69. The molecule has 0 unspecified atom stereocenters. The van der Waals surface area contributed by atoms with E-state index in [4.69, 9.17) is 5.73 Å². The lowest BCUT2D eigenvalue weighted by Gasteiger charge is -2.15. The fourth-order valence-corrected chi connectivity index (χ4v) is 2.54. The van der Waals surface area contributed by atoms with Crippen LogP contribution >= 0.6 is 0 Å². The molecule has 2 rings (SSSR count). The Hall–Kier alpha value is -1.54. The smallest absolute Gasteiger partial charge is 0.0510 e. The molecule has 2 nitrogen and oxygen atoms in total. The Balaban J connectivity index is 2.56. The van der Waals surface area contributed by atoms with Gasteiger partial charge >= 0.3 is 0 Å². The van der Waals surface area contributed by atoms with Gasteiger partial charge in [0.15, 0.2) is 0 Å². The first-order valence-electron chi connectivity index (χ1n) is 6.08. The van der Waals surface area contributed by atoms with Crippen LogP contribution in [0.1, 0.15) is 22.4 Å². The zero-order chi connectivity index (χ0) is 12.4. The second kappa shape index (κ2) is 4.76. The van der Waals surface area contributed by atoms with Gasteiger partial charge in [0.1, 0.15) is 0 Å². The van der Waals surface area contributed by atoms with Gasteiger partial charge in [0.05, 0.1) is 5.69 Å². The molecule has 0 spiro atoms. The highest BCUT2D eigenvalue weighted by Crippen LogP contribution is 2.23. The monoisotopic (exact) mass is 228 g/mol. The van der Waals surface area contributed by atoms with Crippen molar-refractivity contribution in [1.82, 2.24) is 4.57 Å². The van der Waals surface area contributed by atoms with Crippen molar-refractivity contribution >= 4 is 0 Å². The van der Waals surface area contributed by atoms with Crippen molar-refractivity contribution in [1.29, 1.82) is 0 Å². The summed E-state index contributed by atoms with van der Waals surface area (Å²) in [4.78, 5) is 0. The third kappa shape index (κ3) is 2.27. The normalized spacial score (nSPS) is 10.8. The molecule has 0 saturated heterocycles. The van der Waals surface area contributed by atoms with Crippen molar-refractivity contribution in [3.63, 3.8) is 0 Å². The van der Waals surface area contributed by atoms with E-state index in [2.05, 4.69) is 55.8 Å². The Kier molecular flexibility index (Phi) is 3.34. The van der Waals surface area contributed by atoms with Gasteiger partial charge in [-0.1, -0.05) is 17.7 Å². The van der Waals surface area contributed by atoms with Crippen LogP contribution in [0.25, 0.3) is 5.69 Å². The number of nitrogens with two attached hydrogens (primary N) is 1. The molecule has 17 heavy (non-hydrogen) atoms. The van der Waals surface area contributed by atoms with E-state index in [1.807, 2.05) is 0 Å². The first kappa shape index (κ1) is 11.9. The van der Waals surface area contributed by atoms with Gasteiger partial charge in [0.2, 0.25) is 0 Å². The minimum absolute atomic E-state index is 0.688. The number of aromatic nitrogens is 1. The van der Waals surface area contributed by atoms with Gasteiger partial charge in [-0.3, -0.25) is 0 Å². The minimum atomic E-state index is 0.688. The lowest BCUT2D eigenvalue weighted by Crippen LogP contribution is -2.09. The van der Waals surface area contributed by atoms with Crippen LogP contribution in [-0.2, 0) is 6.42 Å². The molecule has 2 aromatic rings. The summed E-state index contributed by atoms with van der Waals surface area (Å²) >= 11 is 0. The molecular weight excluding hydrogens is 208 g/mol. The molecule has 1 aromatic heterocycles. The molecule has 2 N–H and O–H groups in total. The predicted molar refractivity (Wildman–Crippen MR) is 72.7 cm³/mol. The maximum atomic E-state index is 5.65. The molecule has 1 aromatic carbocycles. The molecule has 0 aliphatic carbocycles. The summed E-state index contributed by atoms with van der Waals surface area (Å²) < 4.78 is 2.26. The molecule has 1 heterocycles. The molecule has 0 aliphatic rings. The first-order chi connectivity index (χ1) is 8.13. The Morgan fingerprint density at radius 1 is 1.12 bits per heavy atom. The van der Waals surface area contributed by atoms with Crippen LogP contribution in [0.4, 0.5) is 0 Å². The standard InChI is InChI=1S/C15H20N2/c1-11-9-12(2)15(13(3)10-11)17-8-4-5-14(17)6-7-16/h4-5,8-10H,6-7,16H2,1-3H3. The number of hydrogen-bond donors (Lipinski definition) is 1. The minimum Gasteiger partial charge on any atom is -0.330 e. The number of aryl methyl sites for hydroxylation is 3. The van der Waals surface area contributed by atoms with Crippen molar-refractivity contribution in [3.8, 4) is 5.69 Å². The molecule has 0 atom stereocenters. The lowest BCUT2D eigenvalue weighted by atomic mass is 10.0. The molecule has 0 saturated carbocycles. The number of rotatable bonds is 3. The van der Waals surface area contributed by atoms with E-state index in [0.29, 0.717) is 6.54 Å². The van der Waals surface area contributed by atoms with Crippen molar-refractivity contribution in [3.05, 3.63) is 52.8 Å². The fraction of sp³-hybridized carbons (Fsp3) is 0.333. The predicted octanol–water partition coefficient (Wildman–Crippen LogP) is 2.90. The van der Waals surface area contributed by atoms with Crippen LogP contribution in [0.3, 0.4) is 0 Å². The van der Waals surface area contributed by atoms with E-state index in [9.17, 15) is 0 Å². The summed E-state index contributed by atoms with van der Waals surface area (Å²) in [7, 11) is 0. The highest BCUT2D eigenvalue weighted by molar-refractivity contribution is 5.50. The van der Waals surface area contributed by atoms with Crippen molar-refractivity contribution in [2.45, 2.75) is 27.2 Å². The van der Waals surface area contributed by atoms with Crippen molar-refractivity contribution < 1.29 is 0 Å². The zero-order valence-corrected chi connectivity index (χ0v) is 10.8. The second-order valence-corrected chi connectivity index (χ2v) is 4.66. The van der Waals surface area contributed by atoms with Crippen LogP contribution in [0, 0.1) is 20.8 Å². The lowest BCUT2D eigenvalue weighted by molar-refractivity contribution is 0.866. The fourth-order valence-electron chi connectivity index (χ4n) is 2.54. The summed E-state index contributed by atoms with van der Waals surface area (Å²) in [6.45, 7) is 7.16. The molecule has 90 valence electrons. The highest BCUT2D eigenvalue weighted by atomic mass is 15.0. The van der Waals surface area contributed by atoms with Gasteiger partial charge in [-0.25, -0.2) is 0 Å². The molecule has 0 amide bonds. The average Bonchev–Trinajstić information content (AvgIpc) is 2.65. The molecule has 0 radical (unpaired) electrons. The number of hydrogen-bond acceptors (Lipinski definition) is 1. The number of benzene rings is 1. The van der Waals surface area contributed by atoms with Crippen LogP contribution in [-0.4, -0.2) is 11.1 Å². The zero-order valence-electron chi connectivity index (χ0n) is 10.8. The van der Waals surface area contributed by atoms with Crippen molar-refractivity contribution in [2.24, 2.45) is 5.73 Å². The number of nitrogens with zero attached hydrogens (tertiary/aromatic N) is 1. The van der Waals surface area contributed by atoms with Crippen LogP contribution in [0.5, 0.6) is 0 Å². The van der Waals surface area contributed by atoms with Crippen LogP contribution in [0.2, 0.25) is 0 Å². The van der Waals surface area contributed by atoms with Gasteiger partial charge < -0.3 is 10.3 Å². The largest absolute Gasteiger partial charge is 0.330 e. The van der Waals surface area contributed by atoms with Crippen LogP contribution < -0.4 is 5.73 Å². The SMILES string of the molecule is Cc1cc(C)c(-n2cccc2CCN)c(C)c1. The van der Waals surface area contributed by atoms with E-state index in [1.54, 1.807) is 0 Å². The molecule has 0 fully saturated rings. The van der Waals surface area contributed by atoms with E-state index in [1.165, 1.54) is 28.1 Å². The maximum absolute atomic E-state index is 5.65. The Labute approximate surface area is 103 Å². The highest BCUT2D eigenvalue weighted by Gasteiger charge is 2.08. The molecule has 2 heteroatoms. The van der Waals surface area contributed by atoms with Gasteiger partial charge in [-0.2, -0.15) is 0 Å². The maximum Gasteiger partial charge on any atom is 0.0510 e. The van der Waals surface area contributed by atoms with E-state index >= 15 is 0 Å². The molecular formula is C15H20N2. The van der Waals surface area contributed by atoms with Crippen LogP contribution in [0.15, 0.2) is 30.5 Å². The third-order valence-corrected chi connectivity index (χ3v) is 3.11. The van der Waals surface area contributed by atoms with Gasteiger partial charge in [0, 0.05) is 18.3 Å². The first-order valence-corrected chi connectivity index (χ1v) is 6.08. The quantitative estimate of drug-likeness (QED) is 0.860. The Morgan fingerprint density at radius 3 is 2.35 bits per heavy atom. The third-order valence-electron chi connectivity index (χ3n) is 3.11. The Bertz CT molecular complexity index is 500. The summed E-state index contributed by atoms with van der Waals surface area (Å²) in [5, 5.41) is 0. The van der Waals surface area contributed by atoms with Gasteiger partial charge in [-0.15, -0.1) is 0 Å². The Morgan fingerprint density at radius 2 is 1.76 bits per heavy atom. The summed E-state index contributed by atoms with van der Waals surface area (Å²) in [5.41, 5.74) is 12.2. The van der Waals surface area contributed by atoms with E-state index < -0.39 is 0 Å². The molecule has 0 bridgehead atoms. The second-order valence-electron chi connectivity index (χ2n) is 4.66. The van der Waals surface area contributed by atoms with E-state index in [0.717, 1.165) is 6.42 Å². The molecule has 0 aliphatic heterocycles. The summed E-state index contributed by atoms with van der Waals surface area (Å²) in [6.07, 6.45) is 3.04. The van der Waals surface area contributed by atoms with Crippen molar-refractivity contribution in [2.75, 3.05) is 6.54 Å². The average molecular weight is 228 g/mol. The van der Waals surface area contributed by atoms with Gasteiger partial charge in [-0.05, 0) is 50.6 Å². The van der Waals surface area contributed by atoms with E-state index in [-0.39, 0.29) is 0 Å². The topological polar surface area (TPSA) is 30.9 Å².